The number of aromatic nitrogens is 2. The lowest BCUT2D eigenvalue weighted by Gasteiger charge is -2.37. The van der Waals surface area contributed by atoms with E-state index in [0.717, 1.165) is 38.4 Å². The van der Waals surface area contributed by atoms with Crippen molar-refractivity contribution >= 4 is 11.3 Å². The number of hydrogen-bond acceptors (Lipinski definition) is 5. The van der Waals surface area contributed by atoms with Crippen LogP contribution in [0.5, 0.6) is 0 Å². The van der Waals surface area contributed by atoms with Crippen molar-refractivity contribution in [2.75, 3.05) is 40.3 Å². The van der Waals surface area contributed by atoms with Crippen LogP contribution in [0.1, 0.15) is 5.56 Å². The topological polar surface area (TPSA) is 47.2 Å². The fraction of sp³-hybridized carbons (Fsp3) is 0.533. The number of likely N-dealkylation sites (N-methyl/N-ethyl adjacent to an activating group) is 2. The molecule has 114 valence electrons. The van der Waals surface area contributed by atoms with Crippen LogP contribution in [0, 0.1) is 0 Å². The molecule has 3 heterocycles. The Bertz CT molecular complexity index is 550. The Hall–Kier alpha value is -1.21. The number of H-pyrrole nitrogens is 1. The summed E-state index contributed by atoms with van der Waals surface area (Å²) in [6, 6.07) is 4.79. The predicted octanol–water partition coefficient (Wildman–Crippen LogP) is 1.47. The van der Waals surface area contributed by atoms with Crippen LogP contribution in [0.2, 0.25) is 0 Å². The van der Waals surface area contributed by atoms with Crippen molar-refractivity contribution in [3.05, 3.63) is 29.3 Å². The number of rotatable bonds is 5. The molecule has 0 bridgehead atoms. The summed E-state index contributed by atoms with van der Waals surface area (Å²) in [5.74, 6) is 0. The number of nitrogens with zero attached hydrogens (tertiary/aromatic N) is 3. The first-order chi connectivity index (χ1) is 10.2. The molecule has 2 aromatic rings. The Morgan fingerprint density at radius 1 is 1.43 bits per heavy atom. The average Bonchev–Trinajstić information content (AvgIpc) is 3.13. The molecular formula is C15H23N5S. The minimum absolute atomic E-state index is 0.584. The Morgan fingerprint density at radius 3 is 3.14 bits per heavy atom. The molecule has 2 N–H and O–H groups in total. The molecule has 0 aromatic carbocycles. The van der Waals surface area contributed by atoms with Crippen LogP contribution >= 0.6 is 11.3 Å². The molecule has 1 atom stereocenters. The van der Waals surface area contributed by atoms with Gasteiger partial charge in [-0.1, -0.05) is 6.07 Å². The molecule has 0 radical (unpaired) electrons. The summed E-state index contributed by atoms with van der Waals surface area (Å²) >= 11 is 1.74. The van der Waals surface area contributed by atoms with Crippen molar-refractivity contribution in [2.24, 2.45) is 0 Å². The fourth-order valence-electron chi connectivity index (χ4n) is 2.77. The van der Waals surface area contributed by atoms with E-state index in [1.54, 1.807) is 11.3 Å². The number of hydrogen-bond donors (Lipinski definition) is 2. The van der Waals surface area contributed by atoms with Crippen LogP contribution in [-0.2, 0) is 6.54 Å². The van der Waals surface area contributed by atoms with E-state index < -0.39 is 0 Å². The van der Waals surface area contributed by atoms with Crippen molar-refractivity contribution in [2.45, 2.75) is 12.6 Å². The molecule has 1 aliphatic rings. The molecule has 1 fully saturated rings. The first-order valence-corrected chi connectivity index (χ1v) is 8.27. The van der Waals surface area contributed by atoms with E-state index >= 15 is 0 Å². The van der Waals surface area contributed by atoms with Crippen LogP contribution in [0.4, 0.5) is 0 Å². The summed E-state index contributed by atoms with van der Waals surface area (Å²) in [6.07, 6.45) is 1.93. The Kier molecular flexibility index (Phi) is 4.70. The van der Waals surface area contributed by atoms with Gasteiger partial charge in [-0.2, -0.15) is 5.10 Å². The fourth-order valence-corrected chi connectivity index (χ4v) is 3.53. The Morgan fingerprint density at radius 2 is 2.33 bits per heavy atom. The Balaban J connectivity index is 1.55. The molecule has 0 spiro atoms. The van der Waals surface area contributed by atoms with Crippen LogP contribution in [0.15, 0.2) is 23.7 Å². The minimum atomic E-state index is 0.584. The maximum atomic E-state index is 4.19. The maximum Gasteiger partial charge on any atom is 0.0794 e. The first kappa shape index (κ1) is 14.7. The second-order valence-corrected chi connectivity index (χ2v) is 6.72. The summed E-state index contributed by atoms with van der Waals surface area (Å²) < 4.78 is 0. The van der Waals surface area contributed by atoms with Gasteiger partial charge in [0.15, 0.2) is 0 Å². The van der Waals surface area contributed by atoms with Crippen molar-refractivity contribution < 1.29 is 0 Å². The minimum Gasteiger partial charge on any atom is -0.311 e. The van der Waals surface area contributed by atoms with Crippen molar-refractivity contribution in [1.29, 1.82) is 0 Å². The highest BCUT2D eigenvalue weighted by atomic mass is 32.1. The second-order valence-electron chi connectivity index (χ2n) is 5.78. The highest BCUT2D eigenvalue weighted by molar-refractivity contribution is 7.13. The van der Waals surface area contributed by atoms with Gasteiger partial charge in [-0.25, -0.2) is 0 Å². The maximum absolute atomic E-state index is 4.19. The molecule has 1 unspecified atom stereocenters. The zero-order chi connectivity index (χ0) is 14.7. The molecule has 3 rings (SSSR count). The standard InChI is InChI=1S/C15H23N5S/c1-19-5-6-20(2)13(11-19)10-16-8-12-9-17-18-15(12)14-4-3-7-21-14/h3-4,7,9,13,16H,5-6,8,10-11H2,1-2H3,(H,17,18). The monoisotopic (exact) mass is 305 g/mol. The van der Waals surface area contributed by atoms with Gasteiger partial charge in [0.2, 0.25) is 0 Å². The molecular weight excluding hydrogens is 282 g/mol. The van der Waals surface area contributed by atoms with Gasteiger partial charge < -0.3 is 10.2 Å². The largest absolute Gasteiger partial charge is 0.311 e. The van der Waals surface area contributed by atoms with Crippen molar-refractivity contribution in [1.82, 2.24) is 25.3 Å². The summed E-state index contributed by atoms with van der Waals surface area (Å²) in [6.45, 7) is 5.31. The van der Waals surface area contributed by atoms with Crippen LogP contribution in [0.25, 0.3) is 10.6 Å². The zero-order valence-electron chi connectivity index (χ0n) is 12.7. The van der Waals surface area contributed by atoms with Crippen molar-refractivity contribution in [3.8, 4) is 10.6 Å². The third kappa shape index (κ3) is 3.52. The lowest BCUT2D eigenvalue weighted by molar-refractivity contribution is 0.113. The third-order valence-corrected chi connectivity index (χ3v) is 5.05. The summed E-state index contributed by atoms with van der Waals surface area (Å²) in [4.78, 5) is 6.10. The molecule has 6 heteroatoms. The second kappa shape index (κ2) is 6.70. The van der Waals surface area contributed by atoms with E-state index in [-0.39, 0.29) is 0 Å². The van der Waals surface area contributed by atoms with E-state index in [4.69, 9.17) is 0 Å². The van der Waals surface area contributed by atoms with Gasteiger partial charge in [0, 0.05) is 44.3 Å². The molecule has 0 amide bonds. The molecule has 0 saturated carbocycles. The van der Waals surface area contributed by atoms with Gasteiger partial charge in [0.25, 0.3) is 0 Å². The zero-order valence-corrected chi connectivity index (χ0v) is 13.5. The highest BCUT2D eigenvalue weighted by Gasteiger charge is 2.21. The number of piperazine rings is 1. The highest BCUT2D eigenvalue weighted by Crippen LogP contribution is 2.25. The summed E-state index contributed by atoms with van der Waals surface area (Å²) in [7, 11) is 4.42. The van der Waals surface area contributed by atoms with Crippen LogP contribution in [0.3, 0.4) is 0 Å². The molecule has 2 aromatic heterocycles. The van der Waals surface area contributed by atoms with E-state index in [0.29, 0.717) is 6.04 Å². The number of thiophene rings is 1. The average molecular weight is 305 g/mol. The van der Waals surface area contributed by atoms with Gasteiger partial charge >= 0.3 is 0 Å². The van der Waals surface area contributed by atoms with Crippen LogP contribution < -0.4 is 5.32 Å². The Labute approximate surface area is 130 Å². The van der Waals surface area contributed by atoms with Gasteiger partial charge in [-0.3, -0.25) is 10.00 Å². The molecule has 21 heavy (non-hydrogen) atoms. The molecule has 1 aliphatic heterocycles. The van der Waals surface area contributed by atoms with Crippen LogP contribution in [-0.4, -0.2) is 66.3 Å². The van der Waals surface area contributed by atoms with E-state index in [9.17, 15) is 0 Å². The SMILES string of the molecule is CN1CCN(C)C(CNCc2cn[nH]c2-c2cccs2)C1. The first-order valence-electron chi connectivity index (χ1n) is 7.39. The number of nitrogens with one attached hydrogen (secondary N) is 2. The van der Waals surface area contributed by atoms with E-state index in [2.05, 4.69) is 56.9 Å². The summed E-state index contributed by atoms with van der Waals surface area (Å²) in [5, 5.41) is 13.0. The van der Waals surface area contributed by atoms with Gasteiger partial charge in [0.1, 0.15) is 0 Å². The lowest BCUT2D eigenvalue weighted by Crippen LogP contribution is -2.53. The van der Waals surface area contributed by atoms with Gasteiger partial charge in [-0.05, 0) is 25.5 Å². The quantitative estimate of drug-likeness (QED) is 0.878. The lowest BCUT2D eigenvalue weighted by atomic mass is 10.1. The number of aromatic amines is 1. The van der Waals surface area contributed by atoms with Crippen molar-refractivity contribution in [3.63, 3.8) is 0 Å². The molecule has 1 saturated heterocycles. The summed E-state index contributed by atoms with van der Waals surface area (Å²) in [5.41, 5.74) is 2.39. The predicted molar refractivity (Wildman–Crippen MR) is 87.5 cm³/mol. The molecule has 5 nitrogen and oxygen atoms in total. The van der Waals surface area contributed by atoms with Gasteiger partial charge in [0.05, 0.1) is 16.8 Å². The normalized spacial score (nSPS) is 21.0. The van der Waals surface area contributed by atoms with E-state index in [1.165, 1.54) is 10.4 Å². The van der Waals surface area contributed by atoms with Gasteiger partial charge in [-0.15, -0.1) is 11.3 Å². The smallest absolute Gasteiger partial charge is 0.0794 e. The van der Waals surface area contributed by atoms with E-state index in [1.807, 2.05) is 6.20 Å². The molecule has 0 aliphatic carbocycles. The third-order valence-electron chi connectivity index (χ3n) is 4.16.